The number of carbonyl (C=O) groups is 2. The van der Waals surface area contributed by atoms with Gasteiger partial charge in [0.1, 0.15) is 0 Å². The summed E-state index contributed by atoms with van der Waals surface area (Å²) >= 11 is 12.1. The van der Waals surface area contributed by atoms with E-state index in [9.17, 15) is 24.6 Å². The summed E-state index contributed by atoms with van der Waals surface area (Å²) in [7, 11) is 0. The molecule has 0 radical (unpaired) electrons. The number of rotatable bonds is 8. The highest BCUT2D eigenvalue weighted by molar-refractivity contribution is 6.35. The second-order valence-corrected chi connectivity index (χ2v) is 8.18. The fourth-order valence-corrected chi connectivity index (χ4v) is 3.44. The molecule has 0 aliphatic carbocycles. The Labute approximate surface area is 192 Å². The Kier molecular flexibility index (Phi) is 7.05. The lowest BCUT2D eigenvalue weighted by Gasteiger charge is -2.28. The lowest BCUT2D eigenvalue weighted by atomic mass is 10.0. The molecule has 0 saturated heterocycles. The maximum absolute atomic E-state index is 12.4. The molecule has 0 bridgehead atoms. The summed E-state index contributed by atoms with van der Waals surface area (Å²) in [4.78, 5) is 34.9. The first-order valence-corrected chi connectivity index (χ1v) is 10.0. The topological polar surface area (TPSA) is 136 Å². The van der Waals surface area contributed by atoms with Gasteiger partial charge < -0.3 is 14.7 Å². The lowest BCUT2D eigenvalue weighted by Crippen LogP contribution is -2.52. The van der Waals surface area contributed by atoms with E-state index in [0.29, 0.717) is 15.6 Å². The average Bonchev–Trinajstić information content (AvgIpc) is 3.14. The maximum atomic E-state index is 12.4. The Hall–Kier alpha value is -3.11. The van der Waals surface area contributed by atoms with Gasteiger partial charge in [0.2, 0.25) is 5.76 Å². The van der Waals surface area contributed by atoms with E-state index in [1.807, 2.05) is 17.3 Å². The highest BCUT2D eigenvalue weighted by Gasteiger charge is 2.33. The fourth-order valence-electron chi connectivity index (χ4n) is 2.91. The first kappa shape index (κ1) is 23.6. The van der Waals surface area contributed by atoms with Crippen molar-refractivity contribution in [1.82, 2.24) is 15.6 Å². The number of carbonyl (C=O) groups excluding carboxylic acids is 1. The molecule has 0 fully saturated rings. The summed E-state index contributed by atoms with van der Waals surface area (Å²) in [6.07, 6.45) is 0. The maximum Gasteiger partial charge on any atom is 0.336 e. The van der Waals surface area contributed by atoms with E-state index >= 15 is 0 Å². The van der Waals surface area contributed by atoms with Crippen LogP contribution < -0.4 is 11.0 Å². The second kappa shape index (κ2) is 9.58. The Bertz CT molecular complexity index is 1170. The van der Waals surface area contributed by atoms with E-state index in [-0.39, 0.29) is 12.3 Å². The third-order valence-corrected chi connectivity index (χ3v) is 4.93. The van der Waals surface area contributed by atoms with Gasteiger partial charge in [-0.1, -0.05) is 47.5 Å². The minimum atomic E-state index is -2.15. The van der Waals surface area contributed by atoms with Crippen molar-refractivity contribution in [3.63, 3.8) is 0 Å². The minimum Gasteiger partial charge on any atom is -0.479 e. The third kappa shape index (κ3) is 5.98. The molecule has 1 aromatic heterocycles. The zero-order chi connectivity index (χ0) is 23.5. The van der Waals surface area contributed by atoms with Gasteiger partial charge in [0.25, 0.3) is 5.56 Å². The lowest BCUT2D eigenvalue weighted by molar-refractivity contribution is -0.159. The highest BCUT2D eigenvalue weighted by atomic mass is 35.5. The van der Waals surface area contributed by atoms with Gasteiger partial charge in [-0.25, -0.2) is 9.80 Å². The molecular formula is C21H19Cl2N3O6. The summed E-state index contributed by atoms with van der Waals surface area (Å²) in [5, 5.41) is 23.6. The summed E-state index contributed by atoms with van der Waals surface area (Å²) in [6.45, 7) is 0.728. The van der Waals surface area contributed by atoms with Gasteiger partial charge in [0, 0.05) is 16.6 Å². The van der Waals surface area contributed by atoms with Gasteiger partial charge >= 0.3 is 11.9 Å². The van der Waals surface area contributed by atoms with E-state index in [1.54, 1.807) is 30.3 Å². The van der Waals surface area contributed by atoms with Crippen molar-refractivity contribution < 1.29 is 24.3 Å². The van der Waals surface area contributed by atoms with Crippen molar-refractivity contribution in [2.75, 3.05) is 6.54 Å². The zero-order valence-corrected chi connectivity index (χ0v) is 18.3. The SMILES string of the molecule is C[C@@](O)(CN(Cc1ccc(-c2cc(Cl)cc(Cl)c2)cc1)NC(=O)c1cc(=O)[nH]o1)C(=O)O. The number of carboxylic acids is 1. The number of hydrogen-bond donors (Lipinski definition) is 4. The van der Waals surface area contributed by atoms with Gasteiger partial charge in [0.05, 0.1) is 12.6 Å². The van der Waals surface area contributed by atoms with Gasteiger partial charge in [-0.2, -0.15) is 5.16 Å². The van der Waals surface area contributed by atoms with Crippen LogP contribution in [-0.4, -0.2) is 44.4 Å². The van der Waals surface area contributed by atoms with Crippen molar-refractivity contribution in [1.29, 1.82) is 0 Å². The first-order valence-electron chi connectivity index (χ1n) is 9.29. The molecule has 0 aliphatic heterocycles. The molecule has 9 nitrogen and oxygen atoms in total. The van der Waals surface area contributed by atoms with Crippen LogP contribution >= 0.6 is 23.2 Å². The van der Waals surface area contributed by atoms with Crippen molar-refractivity contribution in [3.05, 3.63) is 80.3 Å². The van der Waals surface area contributed by atoms with Crippen LogP contribution in [0.3, 0.4) is 0 Å². The second-order valence-electron chi connectivity index (χ2n) is 7.31. The molecule has 1 heterocycles. The molecule has 0 aliphatic rings. The van der Waals surface area contributed by atoms with Crippen LogP contribution in [-0.2, 0) is 11.3 Å². The van der Waals surface area contributed by atoms with Crippen LogP contribution in [0, 0.1) is 0 Å². The standard InChI is InChI=1S/C21H19Cl2N3O6/c1-21(31,20(29)30)11-26(24-19(28)17-9-18(27)25-32-17)10-12-2-4-13(5-3-12)14-6-15(22)8-16(23)7-14/h2-9,31H,10-11H2,1H3,(H,24,28)(H,25,27)(H,29,30)/t21-/m1/s1. The zero-order valence-electron chi connectivity index (χ0n) is 16.8. The number of halogens is 2. The van der Waals surface area contributed by atoms with E-state index in [2.05, 4.69) is 5.43 Å². The fraction of sp³-hybridized carbons (Fsp3) is 0.190. The van der Waals surface area contributed by atoms with E-state index in [0.717, 1.165) is 24.1 Å². The van der Waals surface area contributed by atoms with Crippen molar-refractivity contribution in [2.24, 2.45) is 0 Å². The number of amides is 1. The molecule has 4 N–H and O–H groups in total. The van der Waals surface area contributed by atoms with E-state index < -0.39 is 29.6 Å². The number of carboxylic acid groups (broad SMARTS) is 1. The van der Waals surface area contributed by atoms with Crippen LogP contribution in [0.4, 0.5) is 0 Å². The molecule has 3 rings (SSSR count). The number of H-pyrrole nitrogens is 1. The number of hydrazine groups is 1. The summed E-state index contributed by atoms with van der Waals surface area (Å²) < 4.78 is 4.76. The number of benzene rings is 2. The van der Waals surface area contributed by atoms with Crippen molar-refractivity contribution in [2.45, 2.75) is 19.1 Å². The molecule has 0 saturated carbocycles. The number of aliphatic hydroxyl groups is 1. The Morgan fingerprint density at radius 2 is 1.72 bits per heavy atom. The number of aromatic nitrogens is 1. The molecule has 0 spiro atoms. The summed E-state index contributed by atoms with van der Waals surface area (Å²) in [6, 6.07) is 13.3. The van der Waals surface area contributed by atoms with Crippen molar-refractivity contribution in [3.8, 4) is 11.1 Å². The van der Waals surface area contributed by atoms with Crippen molar-refractivity contribution >= 4 is 35.1 Å². The van der Waals surface area contributed by atoms with Crippen LogP contribution in [0.15, 0.2) is 57.8 Å². The molecule has 1 amide bonds. The molecule has 2 aromatic carbocycles. The molecule has 32 heavy (non-hydrogen) atoms. The quantitative estimate of drug-likeness (QED) is 0.364. The third-order valence-electron chi connectivity index (χ3n) is 4.49. The molecule has 0 unspecified atom stereocenters. The average molecular weight is 480 g/mol. The number of nitrogens with zero attached hydrogens (tertiary/aromatic N) is 1. The van der Waals surface area contributed by atoms with Crippen LogP contribution in [0.1, 0.15) is 23.0 Å². The molecule has 168 valence electrons. The largest absolute Gasteiger partial charge is 0.479 e. The highest BCUT2D eigenvalue weighted by Crippen LogP contribution is 2.27. The minimum absolute atomic E-state index is 0.0560. The van der Waals surface area contributed by atoms with Gasteiger partial charge in [-0.15, -0.1) is 0 Å². The number of aliphatic carboxylic acids is 1. The number of hydrogen-bond acceptors (Lipinski definition) is 6. The molecule has 11 heteroatoms. The van der Waals surface area contributed by atoms with E-state index in [4.69, 9.17) is 27.7 Å². The molecule has 3 aromatic rings. The van der Waals surface area contributed by atoms with E-state index in [1.165, 1.54) is 5.01 Å². The van der Waals surface area contributed by atoms with Gasteiger partial charge in [-0.3, -0.25) is 15.0 Å². The molecular weight excluding hydrogens is 461 g/mol. The predicted octanol–water partition coefficient (Wildman–Crippen LogP) is 2.92. The number of nitrogens with one attached hydrogen (secondary N) is 2. The molecule has 1 atom stereocenters. The Balaban J connectivity index is 1.80. The summed E-state index contributed by atoms with van der Waals surface area (Å²) in [5.74, 6) is -2.53. The predicted molar refractivity (Wildman–Crippen MR) is 117 cm³/mol. The van der Waals surface area contributed by atoms with Crippen LogP contribution in [0.2, 0.25) is 10.0 Å². The Morgan fingerprint density at radius 3 is 2.25 bits per heavy atom. The normalized spacial score (nSPS) is 13.0. The van der Waals surface area contributed by atoms with Crippen LogP contribution in [0.5, 0.6) is 0 Å². The van der Waals surface area contributed by atoms with Gasteiger partial charge in [-0.05, 0) is 41.8 Å². The Morgan fingerprint density at radius 1 is 1.09 bits per heavy atom. The van der Waals surface area contributed by atoms with Crippen LogP contribution in [0.25, 0.3) is 11.1 Å². The smallest absolute Gasteiger partial charge is 0.336 e. The first-order chi connectivity index (χ1) is 15.0. The van der Waals surface area contributed by atoms with Gasteiger partial charge in [0.15, 0.2) is 5.60 Å². The summed E-state index contributed by atoms with van der Waals surface area (Å²) in [5.41, 5.74) is 2.07. The number of aromatic amines is 1. The monoisotopic (exact) mass is 479 g/mol.